The fourth-order valence-electron chi connectivity index (χ4n) is 1.39. The van der Waals surface area contributed by atoms with E-state index in [-0.39, 0.29) is 5.91 Å². The van der Waals surface area contributed by atoms with Crippen LogP contribution in [0.3, 0.4) is 0 Å². The molecule has 2 aromatic rings. The van der Waals surface area contributed by atoms with E-state index >= 15 is 0 Å². The van der Waals surface area contributed by atoms with Gasteiger partial charge in [-0.25, -0.2) is 0 Å². The van der Waals surface area contributed by atoms with Crippen molar-refractivity contribution in [2.24, 2.45) is 7.05 Å². The van der Waals surface area contributed by atoms with Crippen LogP contribution in [0.1, 0.15) is 21.9 Å². The molecule has 0 atom stereocenters. The van der Waals surface area contributed by atoms with Gasteiger partial charge in [0.15, 0.2) is 5.76 Å². The molecular formula is C11H13N3O2. The topological polar surface area (TPSA) is 60.1 Å². The molecule has 16 heavy (non-hydrogen) atoms. The number of nitrogens with one attached hydrogen (secondary N) is 1. The predicted molar refractivity (Wildman–Crippen MR) is 57.8 cm³/mol. The van der Waals surface area contributed by atoms with Gasteiger partial charge in [0.1, 0.15) is 0 Å². The second kappa shape index (κ2) is 4.22. The zero-order valence-electron chi connectivity index (χ0n) is 9.23. The summed E-state index contributed by atoms with van der Waals surface area (Å²) in [6.45, 7) is 2.37. The van der Waals surface area contributed by atoms with Crippen molar-refractivity contribution in [1.82, 2.24) is 15.1 Å². The van der Waals surface area contributed by atoms with E-state index in [1.54, 1.807) is 16.8 Å². The lowest BCUT2D eigenvalue weighted by atomic mass is 10.3. The van der Waals surface area contributed by atoms with Crippen LogP contribution < -0.4 is 5.32 Å². The quantitative estimate of drug-likeness (QED) is 0.845. The highest BCUT2D eigenvalue weighted by atomic mass is 16.3. The third-order valence-corrected chi connectivity index (χ3v) is 2.34. The molecule has 2 rings (SSSR count). The highest BCUT2D eigenvalue weighted by Crippen LogP contribution is 2.03. The summed E-state index contributed by atoms with van der Waals surface area (Å²) in [5, 5.41) is 6.97. The number of hydrogen-bond donors (Lipinski definition) is 1. The monoisotopic (exact) mass is 219 g/mol. The number of amides is 1. The minimum atomic E-state index is -0.228. The van der Waals surface area contributed by atoms with Gasteiger partial charge in [0.2, 0.25) is 0 Å². The van der Waals surface area contributed by atoms with E-state index in [1.165, 1.54) is 6.26 Å². The van der Waals surface area contributed by atoms with Crippen molar-refractivity contribution in [3.63, 3.8) is 0 Å². The first-order valence-electron chi connectivity index (χ1n) is 4.98. The van der Waals surface area contributed by atoms with Gasteiger partial charge >= 0.3 is 0 Å². The van der Waals surface area contributed by atoms with Crippen molar-refractivity contribution in [2.45, 2.75) is 13.5 Å². The highest BCUT2D eigenvalue weighted by Gasteiger charge is 2.08. The second-order valence-electron chi connectivity index (χ2n) is 3.56. The zero-order chi connectivity index (χ0) is 11.5. The molecule has 0 spiro atoms. The van der Waals surface area contributed by atoms with Gasteiger partial charge in [0.25, 0.3) is 5.91 Å². The third kappa shape index (κ3) is 2.13. The average Bonchev–Trinajstić information content (AvgIpc) is 2.86. The van der Waals surface area contributed by atoms with Crippen LogP contribution in [-0.2, 0) is 13.6 Å². The molecule has 0 aliphatic carbocycles. The van der Waals surface area contributed by atoms with E-state index in [1.807, 2.05) is 20.0 Å². The van der Waals surface area contributed by atoms with Crippen molar-refractivity contribution in [3.05, 3.63) is 41.6 Å². The molecule has 84 valence electrons. The van der Waals surface area contributed by atoms with Crippen molar-refractivity contribution in [3.8, 4) is 0 Å². The number of aromatic nitrogens is 2. The number of carbonyl (C=O) groups excluding carboxylic acids is 1. The first kappa shape index (κ1) is 10.5. The number of rotatable bonds is 3. The Labute approximate surface area is 93.1 Å². The lowest BCUT2D eigenvalue weighted by molar-refractivity contribution is 0.0922. The third-order valence-electron chi connectivity index (χ3n) is 2.34. The van der Waals surface area contributed by atoms with Gasteiger partial charge in [-0.3, -0.25) is 9.48 Å². The van der Waals surface area contributed by atoms with Crippen molar-refractivity contribution in [1.29, 1.82) is 0 Å². The van der Waals surface area contributed by atoms with Crippen molar-refractivity contribution in [2.75, 3.05) is 0 Å². The smallest absolute Gasteiger partial charge is 0.287 e. The Morgan fingerprint density at radius 2 is 2.44 bits per heavy atom. The number of carbonyl (C=O) groups is 1. The number of furan rings is 1. The lowest BCUT2D eigenvalue weighted by Crippen LogP contribution is -2.22. The SMILES string of the molecule is Cc1cc(CNC(=O)c2ccco2)nn1C. The Balaban J connectivity index is 1.95. The van der Waals surface area contributed by atoms with Gasteiger partial charge in [0, 0.05) is 12.7 Å². The maximum absolute atomic E-state index is 11.5. The average molecular weight is 219 g/mol. The van der Waals surface area contributed by atoms with Crippen LogP contribution in [0.5, 0.6) is 0 Å². The molecule has 0 radical (unpaired) electrons. The van der Waals surface area contributed by atoms with E-state index < -0.39 is 0 Å². The maximum Gasteiger partial charge on any atom is 0.287 e. The standard InChI is InChI=1S/C11H13N3O2/c1-8-6-9(13-14(8)2)7-12-11(15)10-4-3-5-16-10/h3-6H,7H2,1-2H3,(H,12,15). The summed E-state index contributed by atoms with van der Waals surface area (Å²) in [5.74, 6) is 0.0842. The van der Waals surface area contributed by atoms with Crippen LogP contribution in [0, 0.1) is 6.92 Å². The molecule has 1 amide bonds. The van der Waals surface area contributed by atoms with Gasteiger partial charge < -0.3 is 9.73 Å². The Morgan fingerprint density at radius 1 is 1.62 bits per heavy atom. The molecule has 0 unspecified atom stereocenters. The summed E-state index contributed by atoms with van der Waals surface area (Å²) >= 11 is 0. The van der Waals surface area contributed by atoms with Crippen LogP contribution >= 0.6 is 0 Å². The Kier molecular flexibility index (Phi) is 2.76. The number of nitrogens with zero attached hydrogens (tertiary/aromatic N) is 2. The molecule has 2 aromatic heterocycles. The lowest BCUT2D eigenvalue weighted by Gasteiger charge is -1.99. The summed E-state index contributed by atoms with van der Waals surface area (Å²) in [4.78, 5) is 11.5. The summed E-state index contributed by atoms with van der Waals surface area (Å²) in [5.41, 5.74) is 1.89. The van der Waals surface area contributed by atoms with E-state index in [0.717, 1.165) is 11.4 Å². The van der Waals surface area contributed by atoms with Gasteiger partial charge in [-0.1, -0.05) is 0 Å². The van der Waals surface area contributed by atoms with Gasteiger partial charge in [0.05, 0.1) is 18.5 Å². The Hall–Kier alpha value is -2.04. The van der Waals surface area contributed by atoms with Crippen LogP contribution in [0.2, 0.25) is 0 Å². The summed E-state index contributed by atoms with van der Waals surface area (Å²) in [7, 11) is 1.87. The van der Waals surface area contributed by atoms with E-state index in [4.69, 9.17) is 4.42 Å². The van der Waals surface area contributed by atoms with Crippen LogP contribution in [0.25, 0.3) is 0 Å². The predicted octanol–water partition coefficient (Wildman–Crippen LogP) is 1.25. The fraction of sp³-hybridized carbons (Fsp3) is 0.273. The molecule has 5 nitrogen and oxygen atoms in total. The molecule has 2 heterocycles. The number of hydrogen-bond acceptors (Lipinski definition) is 3. The van der Waals surface area contributed by atoms with Gasteiger partial charge in [-0.05, 0) is 25.1 Å². The highest BCUT2D eigenvalue weighted by molar-refractivity contribution is 5.91. The van der Waals surface area contributed by atoms with E-state index in [9.17, 15) is 4.79 Å². The molecule has 0 fully saturated rings. The molecule has 5 heteroatoms. The zero-order valence-corrected chi connectivity index (χ0v) is 9.23. The first-order chi connectivity index (χ1) is 7.66. The van der Waals surface area contributed by atoms with E-state index in [0.29, 0.717) is 12.3 Å². The molecule has 0 bridgehead atoms. The molecule has 0 aromatic carbocycles. The van der Waals surface area contributed by atoms with Crippen LogP contribution in [-0.4, -0.2) is 15.7 Å². The first-order valence-corrected chi connectivity index (χ1v) is 4.98. The largest absolute Gasteiger partial charge is 0.459 e. The Bertz CT molecular complexity index is 466. The molecule has 0 saturated carbocycles. The van der Waals surface area contributed by atoms with Gasteiger partial charge in [-0.2, -0.15) is 5.10 Å². The maximum atomic E-state index is 11.5. The second-order valence-corrected chi connectivity index (χ2v) is 3.56. The molecule has 1 N–H and O–H groups in total. The minimum Gasteiger partial charge on any atom is -0.459 e. The molecule has 0 aliphatic rings. The number of aryl methyl sites for hydroxylation is 2. The van der Waals surface area contributed by atoms with Crippen LogP contribution in [0.15, 0.2) is 28.9 Å². The summed E-state index contributed by atoms with van der Waals surface area (Å²) < 4.78 is 6.75. The Morgan fingerprint density at radius 3 is 3.00 bits per heavy atom. The molecular weight excluding hydrogens is 206 g/mol. The molecule has 0 aliphatic heterocycles. The summed E-state index contributed by atoms with van der Waals surface area (Å²) in [6, 6.07) is 5.24. The molecule has 0 saturated heterocycles. The normalized spacial score (nSPS) is 10.4. The van der Waals surface area contributed by atoms with Crippen molar-refractivity contribution >= 4 is 5.91 Å². The van der Waals surface area contributed by atoms with E-state index in [2.05, 4.69) is 10.4 Å². The van der Waals surface area contributed by atoms with Gasteiger partial charge in [-0.15, -0.1) is 0 Å². The minimum absolute atomic E-state index is 0.228. The van der Waals surface area contributed by atoms with Crippen molar-refractivity contribution < 1.29 is 9.21 Å². The summed E-state index contributed by atoms with van der Waals surface area (Å²) in [6.07, 6.45) is 1.47. The van der Waals surface area contributed by atoms with Crippen LogP contribution in [0.4, 0.5) is 0 Å². The fourth-order valence-corrected chi connectivity index (χ4v) is 1.39.